The molecule has 1 aliphatic heterocycles. The fourth-order valence-electron chi connectivity index (χ4n) is 5.75. The van der Waals surface area contributed by atoms with Crippen LogP contribution in [0.15, 0.2) is 64.2 Å². The zero-order chi connectivity index (χ0) is 31.6. The van der Waals surface area contributed by atoms with Crippen molar-refractivity contribution in [2.24, 2.45) is 5.41 Å². The van der Waals surface area contributed by atoms with Crippen LogP contribution in [0.5, 0.6) is 5.75 Å². The van der Waals surface area contributed by atoms with Crippen LogP contribution in [0.25, 0.3) is 11.0 Å². The Balaban J connectivity index is 1.27. The molecule has 2 amide bonds. The van der Waals surface area contributed by atoms with Crippen molar-refractivity contribution in [1.82, 2.24) is 14.5 Å². The van der Waals surface area contributed by atoms with Gasteiger partial charge in [0.1, 0.15) is 22.5 Å². The predicted molar refractivity (Wildman–Crippen MR) is 171 cm³/mol. The third-order valence-electron chi connectivity index (χ3n) is 8.40. The molecule has 0 saturated carbocycles. The molecule has 10 heteroatoms. The van der Waals surface area contributed by atoms with E-state index in [0.717, 1.165) is 24.3 Å². The number of hydrogen-bond donors (Lipinski definition) is 0. The number of nitrogens with zero attached hydrogens (tertiary/aromatic N) is 5. The van der Waals surface area contributed by atoms with Crippen molar-refractivity contribution in [2.75, 3.05) is 43.1 Å². The number of furan rings is 1. The molecule has 4 heterocycles. The van der Waals surface area contributed by atoms with Crippen molar-refractivity contribution in [3.63, 3.8) is 0 Å². The van der Waals surface area contributed by atoms with E-state index in [1.807, 2.05) is 50.4 Å². The van der Waals surface area contributed by atoms with E-state index in [-0.39, 0.29) is 17.4 Å². The summed E-state index contributed by atoms with van der Waals surface area (Å²) < 4.78 is 13.5. The number of rotatable bonds is 11. The van der Waals surface area contributed by atoms with Gasteiger partial charge in [-0.2, -0.15) is 0 Å². The normalized spacial score (nSPS) is 14.8. The zero-order valence-electron chi connectivity index (χ0n) is 26.4. The highest BCUT2D eigenvalue weighted by Gasteiger charge is 2.45. The number of carbonyl (C=O) groups excluding carboxylic acids is 2. The number of aryl methyl sites for hydroxylation is 2. The van der Waals surface area contributed by atoms with E-state index >= 15 is 0 Å². The summed E-state index contributed by atoms with van der Waals surface area (Å²) in [6, 6.07) is 11.2. The highest BCUT2D eigenvalue weighted by atomic mass is 16.5. The molecule has 1 aliphatic rings. The van der Waals surface area contributed by atoms with Gasteiger partial charge in [0.15, 0.2) is 0 Å². The molecule has 1 aromatic carbocycles. The SMILES string of the molecule is CCN1C(=O)C(C)(C)C(=O)N(C)c2cc(OCCCN(CCn3ccc4oc(C)cc4c3=O)Cc3cnccc3C)ccc21. The molecule has 4 aromatic rings. The summed E-state index contributed by atoms with van der Waals surface area (Å²) in [6.07, 6.45) is 6.22. The number of amides is 2. The summed E-state index contributed by atoms with van der Waals surface area (Å²) in [5.74, 6) is 0.891. The number of aromatic nitrogens is 2. The quantitative estimate of drug-likeness (QED) is 0.178. The summed E-state index contributed by atoms with van der Waals surface area (Å²) in [5.41, 5.74) is 3.04. The van der Waals surface area contributed by atoms with Gasteiger partial charge in [-0.15, -0.1) is 0 Å². The number of pyridine rings is 2. The number of anilines is 2. The van der Waals surface area contributed by atoms with E-state index in [1.54, 1.807) is 53.7 Å². The second-order valence-electron chi connectivity index (χ2n) is 11.9. The molecular weight excluding hydrogens is 558 g/mol. The van der Waals surface area contributed by atoms with E-state index in [2.05, 4.69) is 16.8 Å². The fraction of sp³-hybridized carbons (Fsp3) is 0.412. The number of benzene rings is 1. The summed E-state index contributed by atoms with van der Waals surface area (Å²) in [5, 5.41) is 0.594. The molecule has 44 heavy (non-hydrogen) atoms. The van der Waals surface area contributed by atoms with Crippen LogP contribution in [-0.2, 0) is 22.7 Å². The smallest absolute Gasteiger partial charge is 0.261 e. The second-order valence-corrected chi connectivity index (χ2v) is 11.9. The predicted octanol–water partition coefficient (Wildman–Crippen LogP) is 4.93. The molecule has 232 valence electrons. The van der Waals surface area contributed by atoms with E-state index in [9.17, 15) is 14.4 Å². The van der Waals surface area contributed by atoms with Crippen LogP contribution < -0.4 is 20.1 Å². The first-order valence-corrected chi connectivity index (χ1v) is 15.1. The molecule has 5 rings (SSSR count). The van der Waals surface area contributed by atoms with Gasteiger partial charge in [-0.3, -0.25) is 24.3 Å². The second kappa shape index (κ2) is 12.7. The van der Waals surface area contributed by atoms with Gasteiger partial charge in [-0.1, -0.05) is 0 Å². The lowest BCUT2D eigenvalue weighted by Crippen LogP contribution is -2.47. The molecule has 3 aromatic heterocycles. The van der Waals surface area contributed by atoms with Crippen LogP contribution in [0, 0.1) is 19.3 Å². The first kappa shape index (κ1) is 31.0. The Hall–Kier alpha value is -4.44. The minimum atomic E-state index is -1.16. The Bertz CT molecular complexity index is 1740. The van der Waals surface area contributed by atoms with Crippen molar-refractivity contribution in [3.05, 3.63) is 82.2 Å². The highest BCUT2D eigenvalue weighted by Crippen LogP contribution is 2.40. The standard InChI is InChI=1S/C34H41N5O5/c1-7-39-28-10-9-26(20-29(28)36(6)32(41)34(4,5)33(39)42)43-18-8-14-37(22-25-21-35-13-11-23(25)2)16-17-38-15-12-30-27(31(38)40)19-24(3)44-30/h9-13,15,19-21H,7-8,14,16-18,22H2,1-6H3. The topological polar surface area (TPSA) is 101 Å². The summed E-state index contributed by atoms with van der Waals surface area (Å²) in [4.78, 5) is 49.2. The summed E-state index contributed by atoms with van der Waals surface area (Å²) in [6.45, 7) is 12.7. The van der Waals surface area contributed by atoms with Gasteiger partial charge in [0, 0.05) is 64.4 Å². The van der Waals surface area contributed by atoms with Gasteiger partial charge >= 0.3 is 0 Å². The first-order chi connectivity index (χ1) is 21.0. The Kier molecular flexibility index (Phi) is 8.92. The molecule has 0 atom stereocenters. The van der Waals surface area contributed by atoms with Crippen molar-refractivity contribution < 1.29 is 18.7 Å². The molecule has 0 fully saturated rings. The lowest BCUT2D eigenvalue weighted by Gasteiger charge is -2.27. The van der Waals surface area contributed by atoms with Crippen LogP contribution in [-0.4, -0.2) is 59.6 Å². The van der Waals surface area contributed by atoms with Gasteiger partial charge in [-0.05, 0) is 82.5 Å². The minimum absolute atomic E-state index is 0.0569. The van der Waals surface area contributed by atoms with E-state index in [1.165, 1.54) is 5.56 Å². The molecule has 0 spiro atoms. The maximum atomic E-state index is 13.2. The Morgan fingerprint density at radius 1 is 1.00 bits per heavy atom. The molecule has 0 saturated heterocycles. The monoisotopic (exact) mass is 599 g/mol. The van der Waals surface area contributed by atoms with Crippen LogP contribution in [0.3, 0.4) is 0 Å². The molecular formula is C34H41N5O5. The first-order valence-electron chi connectivity index (χ1n) is 15.1. The highest BCUT2D eigenvalue weighted by molar-refractivity contribution is 6.20. The van der Waals surface area contributed by atoms with Crippen LogP contribution >= 0.6 is 0 Å². The third kappa shape index (κ3) is 6.12. The van der Waals surface area contributed by atoms with Gasteiger partial charge in [0.25, 0.3) is 5.56 Å². The molecule has 0 radical (unpaired) electrons. The van der Waals surface area contributed by atoms with Crippen LogP contribution in [0.1, 0.15) is 44.1 Å². The summed E-state index contributed by atoms with van der Waals surface area (Å²) >= 11 is 0. The number of fused-ring (bicyclic) bond motifs is 2. The average molecular weight is 600 g/mol. The van der Waals surface area contributed by atoms with Gasteiger partial charge in [0.2, 0.25) is 11.8 Å². The zero-order valence-corrected chi connectivity index (χ0v) is 26.4. The average Bonchev–Trinajstić information content (AvgIpc) is 3.38. The Morgan fingerprint density at radius 3 is 2.55 bits per heavy atom. The molecule has 0 aliphatic carbocycles. The van der Waals surface area contributed by atoms with Crippen molar-refractivity contribution in [2.45, 2.75) is 54.1 Å². The third-order valence-corrected chi connectivity index (χ3v) is 8.40. The maximum Gasteiger partial charge on any atom is 0.261 e. The largest absolute Gasteiger partial charge is 0.493 e. The van der Waals surface area contributed by atoms with Crippen LogP contribution in [0.2, 0.25) is 0 Å². The number of ether oxygens (including phenoxy) is 1. The summed E-state index contributed by atoms with van der Waals surface area (Å²) in [7, 11) is 1.70. The molecule has 10 nitrogen and oxygen atoms in total. The lowest BCUT2D eigenvalue weighted by atomic mass is 9.90. The molecule has 0 unspecified atom stereocenters. The number of carbonyl (C=O) groups is 2. The maximum absolute atomic E-state index is 13.2. The minimum Gasteiger partial charge on any atom is -0.493 e. The number of hydrogen-bond acceptors (Lipinski definition) is 7. The van der Waals surface area contributed by atoms with Crippen molar-refractivity contribution >= 4 is 34.2 Å². The fourth-order valence-corrected chi connectivity index (χ4v) is 5.75. The molecule has 0 bridgehead atoms. The van der Waals surface area contributed by atoms with Crippen LogP contribution in [0.4, 0.5) is 11.4 Å². The van der Waals surface area contributed by atoms with E-state index in [0.29, 0.717) is 60.9 Å². The van der Waals surface area contributed by atoms with Crippen molar-refractivity contribution in [1.29, 1.82) is 0 Å². The van der Waals surface area contributed by atoms with Crippen molar-refractivity contribution in [3.8, 4) is 5.75 Å². The molecule has 0 N–H and O–H groups in total. The van der Waals surface area contributed by atoms with Gasteiger partial charge < -0.3 is 23.5 Å². The lowest BCUT2D eigenvalue weighted by molar-refractivity contribution is -0.137. The van der Waals surface area contributed by atoms with E-state index < -0.39 is 5.41 Å². The van der Waals surface area contributed by atoms with Gasteiger partial charge in [-0.25, -0.2) is 0 Å². The Morgan fingerprint density at radius 2 is 1.80 bits per heavy atom. The van der Waals surface area contributed by atoms with Gasteiger partial charge in [0.05, 0.1) is 23.4 Å². The van der Waals surface area contributed by atoms with E-state index in [4.69, 9.17) is 9.15 Å². The Labute approximate surface area is 257 Å².